The van der Waals surface area contributed by atoms with Crippen molar-refractivity contribution in [2.75, 3.05) is 12.0 Å². The number of guanidine groups is 2. The second-order valence-electron chi connectivity index (χ2n) is 5.63. The molecule has 1 aromatic carbocycles. The van der Waals surface area contributed by atoms with Gasteiger partial charge in [-0.1, -0.05) is 18.0 Å². The van der Waals surface area contributed by atoms with Crippen LogP contribution in [-0.2, 0) is 0 Å². The summed E-state index contributed by atoms with van der Waals surface area (Å²) in [5.74, 6) is 1.25. The number of nitrogens with two attached hydrogens (primary N) is 2. The Bertz CT molecular complexity index is 637. The molecule has 1 aliphatic heterocycles. The molecule has 2 aliphatic rings. The molecule has 7 heteroatoms. The fourth-order valence-corrected chi connectivity index (χ4v) is 3.47. The largest absolute Gasteiger partial charge is 0.495 e. The Kier molecular flexibility index (Phi) is 3.87. The zero-order valence-corrected chi connectivity index (χ0v) is 13.3. The summed E-state index contributed by atoms with van der Waals surface area (Å²) >= 11 is 6.17. The van der Waals surface area contributed by atoms with Gasteiger partial charge in [-0.2, -0.15) is 4.99 Å². The van der Waals surface area contributed by atoms with Gasteiger partial charge in [0.15, 0.2) is 0 Å². The third kappa shape index (κ3) is 2.47. The number of hydrogen-bond acceptors (Lipinski definition) is 6. The van der Waals surface area contributed by atoms with Gasteiger partial charge < -0.3 is 16.2 Å². The molecular formula is C15H20ClN5O. The number of rotatable bonds is 2. The molecule has 0 atom stereocenters. The molecule has 3 rings (SSSR count). The molecule has 0 saturated heterocycles. The molecule has 0 bridgehead atoms. The van der Waals surface area contributed by atoms with Crippen LogP contribution in [0.15, 0.2) is 28.2 Å². The van der Waals surface area contributed by atoms with E-state index in [1.54, 1.807) is 13.2 Å². The predicted octanol–water partition coefficient (Wildman–Crippen LogP) is 2.46. The van der Waals surface area contributed by atoms with Crippen LogP contribution < -0.4 is 21.1 Å². The van der Waals surface area contributed by atoms with Crippen LogP contribution >= 0.6 is 11.6 Å². The zero-order chi connectivity index (χ0) is 15.7. The molecule has 1 aliphatic carbocycles. The molecule has 1 saturated carbocycles. The summed E-state index contributed by atoms with van der Waals surface area (Å²) in [7, 11) is 1.62. The Labute approximate surface area is 134 Å². The van der Waals surface area contributed by atoms with Crippen LogP contribution in [0.25, 0.3) is 0 Å². The summed E-state index contributed by atoms with van der Waals surface area (Å²) in [6, 6.07) is 5.44. The first-order chi connectivity index (χ1) is 10.6. The van der Waals surface area contributed by atoms with Crippen molar-refractivity contribution in [1.82, 2.24) is 0 Å². The van der Waals surface area contributed by atoms with Crippen molar-refractivity contribution < 1.29 is 4.74 Å². The Morgan fingerprint density at radius 3 is 2.64 bits per heavy atom. The number of hydrogen-bond donors (Lipinski definition) is 2. The average molecular weight is 322 g/mol. The highest BCUT2D eigenvalue weighted by atomic mass is 35.5. The van der Waals surface area contributed by atoms with E-state index in [9.17, 15) is 0 Å². The van der Waals surface area contributed by atoms with E-state index in [1.165, 1.54) is 6.42 Å². The lowest BCUT2D eigenvalue weighted by Gasteiger charge is -2.45. The molecule has 0 radical (unpaired) electrons. The van der Waals surface area contributed by atoms with E-state index in [0.717, 1.165) is 31.4 Å². The van der Waals surface area contributed by atoms with Crippen molar-refractivity contribution in [2.24, 2.45) is 21.5 Å². The fraction of sp³-hybridized carbons (Fsp3) is 0.467. The van der Waals surface area contributed by atoms with Crippen LogP contribution in [0, 0.1) is 0 Å². The van der Waals surface area contributed by atoms with Gasteiger partial charge in [0, 0.05) is 5.02 Å². The van der Waals surface area contributed by atoms with E-state index in [4.69, 9.17) is 27.8 Å². The molecular weight excluding hydrogens is 302 g/mol. The SMILES string of the molecule is COc1ccc(Cl)cc1N1C(N)=NC(N)=NC12CCCCC2. The number of benzene rings is 1. The number of anilines is 1. The van der Waals surface area contributed by atoms with Gasteiger partial charge in [0.05, 0.1) is 12.8 Å². The van der Waals surface area contributed by atoms with Crippen molar-refractivity contribution in [2.45, 2.75) is 37.8 Å². The van der Waals surface area contributed by atoms with Crippen LogP contribution in [-0.4, -0.2) is 24.7 Å². The quantitative estimate of drug-likeness (QED) is 0.875. The number of nitrogens with zero attached hydrogens (tertiary/aromatic N) is 3. The smallest absolute Gasteiger partial charge is 0.220 e. The average Bonchev–Trinajstić information content (AvgIpc) is 2.47. The van der Waals surface area contributed by atoms with Gasteiger partial charge in [-0.3, -0.25) is 4.90 Å². The number of aliphatic imine (C=N–C) groups is 2. The maximum Gasteiger partial charge on any atom is 0.220 e. The fourth-order valence-electron chi connectivity index (χ4n) is 3.31. The van der Waals surface area contributed by atoms with Crippen LogP contribution in [0.3, 0.4) is 0 Å². The summed E-state index contributed by atoms with van der Waals surface area (Å²) in [6.45, 7) is 0. The molecule has 118 valence electrons. The molecule has 1 heterocycles. The highest BCUT2D eigenvalue weighted by Crippen LogP contribution is 2.43. The molecule has 1 fully saturated rings. The minimum absolute atomic E-state index is 0.233. The molecule has 0 amide bonds. The summed E-state index contributed by atoms with van der Waals surface area (Å²) < 4.78 is 5.47. The normalized spacial score (nSPS) is 20.5. The second-order valence-corrected chi connectivity index (χ2v) is 6.07. The van der Waals surface area contributed by atoms with Crippen LogP contribution in [0.5, 0.6) is 5.75 Å². The Hall–Kier alpha value is -1.95. The molecule has 1 aromatic rings. The van der Waals surface area contributed by atoms with E-state index < -0.39 is 5.66 Å². The number of methoxy groups -OCH3 is 1. The number of halogens is 1. The van der Waals surface area contributed by atoms with Gasteiger partial charge in [-0.25, -0.2) is 4.99 Å². The molecule has 4 N–H and O–H groups in total. The minimum atomic E-state index is -0.494. The third-order valence-corrected chi connectivity index (χ3v) is 4.47. The molecule has 22 heavy (non-hydrogen) atoms. The van der Waals surface area contributed by atoms with Crippen LogP contribution in [0.4, 0.5) is 5.69 Å². The number of ether oxygens (including phenoxy) is 1. The molecule has 1 spiro atoms. The van der Waals surface area contributed by atoms with Crippen molar-refractivity contribution in [3.63, 3.8) is 0 Å². The highest BCUT2D eigenvalue weighted by molar-refractivity contribution is 6.31. The summed E-state index contributed by atoms with van der Waals surface area (Å²) in [4.78, 5) is 10.7. The first-order valence-electron chi connectivity index (χ1n) is 7.39. The lowest BCUT2D eigenvalue weighted by Crippen LogP contribution is -2.58. The van der Waals surface area contributed by atoms with Gasteiger partial charge in [-0.15, -0.1) is 0 Å². The molecule has 0 unspecified atom stereocenters. The maximum atomic E-state index is 6.20. The first-order valence-corrected chi connectivity index (χ1v) is 7.77. The Balaban J connectivity index is 2.14. The maximum absolute atomic E-state index is 6.20. The van der Waals surface area contributed by atoms with Gasteiger partial charge in [0.2, 0.25) is 11.9 Å². The van der Waals surface area contributed by atoms with Gasteiger partial charge in [0.25, 0.3) is 0 Å². The second kappa shape index (κ2) is 5.68. The lowest BCUT2D eigenvalue weighted by atomic mass is 9.87. The van der Waals surface area contributed by atoms with E-state index in [2.05, 4.69) is 9.98 Å². The molecule has 6 nitrogen and oxygen atoms in total. The Morgan fingerprint density at radius 2 is 1.95 bits per heavy atom. The Morgan fingerprint density at radius 1 is 1.23 bits per heavy atom. The monoisotopic (exact) mass is 321 g/mol. The van der Waals surface area contributed by atoms with Crippen molar-refractivity contribution in [1.29, 1.82) is 0 Å². The lowest BCUT2D eigenvalue weighted by molar-refractivity contribution is 0.303. The minimum Gasteiger partial charge on any atom is -0.495 e. The highest BCUT2D eigenvalue weighted by Gasteiger charge is 2.43. The standard InChI is InChI=1S/C15H20ClN5O/c1-22-12-6-5-10(16)9-11(12)21-14(18)19-13(17)20-15(21)7-3-2-4-8-15/h5-6,9H,2-4,7-8H2,1H3,(H4,17,18,19,20). The summed E-state index contributed by atoms with van der Waals surface area (Å²) in [5.41, 5.74) is 12.3. The van der Waals surface area contributed by atoms with Gasteiger partial charge in [-0.05, 0) is 43.9 Å². The first kappa shape index (κ1) is 15.0. The van der Waals surface area contributed by atoms with E-state index in [0.29, 0.717) is 16.7 Å². The third-order valence-electron chi connectivity index (χ3n) is 4.23. The van der Waals surface area contributed by atoms with Crippen LogP contribution in [0.2, 0.25) is 5.02 Å². The van der Waals surface area contributed by atoms with E-state index in [1.807, 2.05) is 17.0 Å². The van der Waals surface area contributed by atoms with Gasteiger partial charge >= 0.3 is 0 Å². The van der Waals surface area contributed by atoms with E-state index >= 15 is 0 Å². The molecule has 0 aromatic heterocycles. The van der Waals surface area contributed by atoms with Crippen LogP contribution in [0.1, 0.15) is 32.1 Å². The zero-order valence-electron chi connectivity index (χ0n) is 12.6. The van der Waals surface area contributed by atoms with Crippen molar-refractivity contribution >= 4 is 29.2 Å². The summed E-state index contributed by atoms with van der Waals surface area (Å²) in [6.07, 6.45) is 5.08. The summed E-state index contributed by atoms with van der Waals surface area (Å²) in [5, 5.41) is 0.608. The topological polar surface area (TPSA) is 89.2 Å². The van der Waals surface area contributed by atoms with E-state index in [-0.39, 0.29) is 5.96 Å². The van der Waals surface area contributed by atoms with Crippen molar-refractivity contribution in [3.05, 3.63) is 23.2 Å². The predicted molar refractivity (Wildman–Crippen MR) is 89.5 cm³/mol. The van der Waals surface area contributed by atoms with Gasteiger partial charge in [0.1, 0.15) is 11.4 Å². The van der Waals surface area contributed by atoms with Crippen molar-refractivity contribution in [3.8, 4) is 5.75 Å².